The van der Waals surface area contributed by atoms with Crippen molar-refractivity contribution in [1.29, 1.82) is 0 Å². The molecule has 2 aliphatic heterocycles. The molecule has 1 saturated heterocycles. The second-order valence-corrected chi connectivity index (χ2v) is 7.54. The van der Waals surface area contributed by atoms with Gasteiger partial charge in [-0.25, -0.2) is 0 Å². The molecule has 2 aromatic carbocycles. The smallest absolute Gasteiger partial charge is 0.222 e. The molecule has 27 heavy (non-hydrogen) atoms. The summed E-state index contributed by atoms with van der Waals surface area (Å²) in [7, 11) is 0. The Kier molecular flexibility index (Phi) is 5.23. The largest absolute Gasteiger partial charge is 0.504 e. The molecular formula is C21H23ClN2O3. The second-order valence-electron chi connectivity index (χ2n) is 7.10. The number of hydrogen-bond acceptors (Lipinski definition) is 4. The Balaban J connectivity index is 1.54. The van der Waals surface area contributed by atoms with Gasteiger partial charge in [0.2, 0.25) is 5.91 Å². The van der Waals surface area contributed by atoms with E-state index in [1.165, 1.54) is 0 Å². The fraction of sp³-hybridized carbons (Fsp3) is 0.381. The summed E-state index contributed by atoms with van der Waals surface area (Å²) < 4.78 is 5.82. The molecule has 0 aliphatic carbocycles. The van der Waals surface area contributed by atoms with Crippen LogP contribution in [0.3, 0.4) is 0 Å². The summed E-state index contributed by atoms with van der Waals surface area (Å²) in [4.78, 5) is 16.0. The zero-order chi connectivity index (χ0) is 18.8. The molecule has 0 saturated carbocycles. The van der Waals surface area contributed by atoms with Crippen molar-refractivity contribution in [2.45, 2.75) is 19.4 Å². The minimum Gasteiger partial charge on any atom is -0.504 e. The van der Waals surface area contributed by atoms with Crippen molar-refractivity contribution in [3.05, 3.63) is 47.0 Å². The van der Waals surface area contributed by atoms with Crippen molar-refractivity contribution in [2.75, 3.05) is 32.8 Å². The molecule has 2 aliphatic rings. The van der Waals surface area contributed by atoms with Gasteiger partial charge in [0.15, 0.2) is 11.5 Å². The van der Waals surface area contributed by atoms with Crippen LogP contribution < -0.4 is 4.74 Å². The van der Waals surface area contributed by atoms with Crippen LogP contribution in [0.5, 0.6) is 11.5 Å². The molecule has 0 bridgehead atoms. The number of carbonyl (C=O) groups is 1. The quantitative estimate of drug-likeness (QED) is 0.873. The number of halogens is 1. The van der Waals surface area contributed by atoms with E-state index in [1.54, 1.807) is 6.07 Å². The van der Waals surface area contributed by atoms with E-state index < -0.39 is 0 Å². The third-order valence-electron chi connectivity index (χ3n) is 5.21. The number of ether oxygens (including phenoxy) is 1. The summed E-state index contributed by atoms with van der Waals surface area (Å²) in [5.41, 5.74) is 2.82. The molecule has 2 aromatic rings. The van der Waals surface area contributed by atoms with Crippen LogP contribution in [0, 0.1) is 0 Å². The standard InChI is InChI=1S/C21H23ClN2O3/c22-18-4-1-3-15(12-18)16-11-17-14-23(7-8-24-6-2-5-20(24)26)9-10-27-21(17)19(25)13-16/h1,3-4,11-13,25H,2,5-10,14H2. The van der Waals surface area contributed by atoms with E-state index in [1.807, 2.05) is 29.2 Å². The Morgan fingerprint density at radius 1 is 1.11 bits per heavy atom. The Hall–Kier alpha value is -2.24. The number of nitrogens with zero attached hydrogens (tertiary/aromatic N) is 2. The van der Waals surface area contributed by atoms with Gasteiger partial charge in [-0.2, -0.15) is 0 Å². The van der Waals surface area contributed by atoms with Crippen molar-refractivity contribution in [2.24, 2.45) is 0 Å². The monoisotopic (exact) mass is 386 g/mol. The van der Waals surface area contributed by atoms with Gasteiger partial charge in [0.1, 0.15) is 6.61 Å². The first-order valence-corrected chi connectivity index (χ1v) is 9.73. The lowest BCUT2D eigenvalue weighted by Crippen LogP contribution is -2.36. The van der Waals surface area contributed by atoms with E-state index in [4.69, 9.17) is 16.3 Å². The third-order valence-corrected chi connectivity index (χ3v) is 5.44. The van der Waals surface area contributed by atoms with Gasteiger partial charge in [-0.3, -0.25) is 9.69 Å². The fourth-order valence-electron chi connectivity index (χ4n) is 3.78. The first-order chi connectivity index (χ1) is 13.1. The lowest BCUT2D eigenvalue weighted by atomic mass is 10.0. The number of hydrogen-bond donors (Lipinski definition) is 1. The maximum absolute atomic E-state index is 11.8. The summed E-state index contributed by atoms with van der Waals surface area (Å²) in [6.45, 7) is 4.37. The van der Waals surface area contributed by atoms with Crippen molar-refractivity contribution >= 4 is 17.5 Å². The number of aromatic hydroxyl groups is 1. The Bertz CT molecular complexity index is 855. The number of benzene rings is 2. The van der Waals surface area contributed by atoms with E-state index in [-0.39, 0.29) is 11.7 Å². The highest BCUT2D eigenvalue weighted by atomic mass is 35.5. The highest BCUT2D eigenvalue weighted by Crippen LogP contribution is 2.38. The molecule has 1 fully saturated rings. The van der Waals surface area contributed by atoms with Crippen LogP contribution in [0.15, 0.2) is 36.4 Å². The minimum atomic E-state index is 0.152. The number of rotatable bonds is 4. The summed E-state index contributed by atoms with van der Waals surface area (Å²) >= 11 is 6.11. The van der Waals surface area contributed by atoms with Gasteiger partial charge in [0, 0.05) is 49.7 Å². The van der Waals surface area contributed by atoms with Gasteiger partial charge < -0.3 is 14.7 Å². The van der Waals surface area contributed by atoms with Crippen LogP contribution >= 0.6 is 11.6 Å². The van der Waals surface area contributed by atoms with Crippen LogP contribution in [0.2, 0.25) is 5.02 Å². The lowest BCUT2D eigenvalue weighted by molar-refractivity contribution is -0.127. The molecule has 5 nitrogen and oxygen atoms in total. The third kappa shape index (κ3) is 4.04. The molecule has 1 N–H and O–H groups in total. The van der Waals surface area contributed by atoms with Crippen LogP contribution in [0.1, 0.15) is 18.4 Å². The Morgan fingerprint density at radius 2 is 2.00 bits per heavy atom. The van der Waals surface area contributed by atoms with Gasteiger partial charge in [-0.05, 0) is 41.8 Å². The average molecular weight is 387 g/mol. The maximum atomic E-state index is 11.8. The topological polar surface area (TPSA) is 53.0 Å². The average Bonchev–Trinajstić information content (AvgIpc) is 2.94. The molecule has 0 spiro atoms. The number of likely N-dealkylation sites (tertiary alicyclic amines) is 1. The number of fused-ring (bicyclic) bond motifs is 1. The molecule has 0 atom stereocenters. The Morgan fingerprint density at radius 3 is 2.78 bits per heavy atom. The van der Waals surface area contributed by atoms with Crippen molar-refractivity contribution in [1.82, 2.24) is 9.80 Å². The van der Waals surface area contributed by atoms with Gasteiger partial charge in [0.25, 0.3) is 0 Å². The molecular weight excluding hydrogens is 364 g/mol. The molecule has 142 valence electrons. The molecule has 2 heterocycles. The molecule has 0 radical (unpaired) electrons. The van der Waals surface area contributed by atoms with Crippen molar-refractivity contribution < 1.29 is 14.6 Å². The van der Waals surface area contributed by atoms with Gasteiger partial charge in [0.05, 0.1) is 0 Å². The van der Waals surface area contributed by atoms with Crippen molar-refractivity contribution in [3.8, 4) is 22.6 Å². The van der Waals surface area contributed by atoms with Gasteiger partial charge in [-0.15, -0.1) is 0 Å². The zero-order valence-electron chi connectivity index (χ0n) is 15.2. The first-order valence-electron chi connectivity index (χ1n) is 9.35. The number of phenols is 1. The van der Waals surface area contributed by atoms with Gasteiger partial charge in [-0.1, -0.05) is 23.7 Å². The molecule has 6 heteroatoms. The second kappa shape index (κ2) is 7.79. The van der Waals surface area contributed by atoms with Crippen LogP contribution in [0.25, 0.3) is 11.1 Å². The first kappa shape index (κ1) is 18.1. The van der Waals surface area contributed by atoms with E-state index in [2.05, 4.69) is 11.0 Å². The Labute approximate surface area is 164 Å². The van der Waals surface area contributed by atoms with E-state index in [9.17, 15) is 9.90 Å². The highest BCUT2D eigenvalue weighted by Gasteiger charge is 2.23. The van der Waals surface area contributed by atoms with E-state index in [0.29, 0.717) is 30.3 Å². The zero-order valence-corrected chi connectivity index (χ0v) is 15.9. The normalized spacial score (nSPS) is 17.5. The fourth-order valence-corrected chi connectivity index (χ4v) is 3.97. The molecule has 0 unspecified atom stereocenters. The van der Waals surface area contributed by atoms with Crippen molar-refractivity contribution in [3.63, 3.8) is 0 Å². The van der Waals surface area contributed by atoms with Gasteiger partial charge >= 0.3 is 0 Å². The number of phenolic OH excluding ortho intramolecular Hbond substituents is 1. The summed E-state index contributed by atoms with van der Waals surface area (Å²) in [5, 5.41) is 11.1. The molecule has 0 aromatic heterocycles. The maximum Gasteiger partial charge on any atom is 0.222 e. The lowest BCUT2D eigenvalue weighted by Gasteiger charge is -2.23. The highest BCUT2D eigenvalue weighted by molar-refractivity contribution is 6.30. The molecule has 4 rings (SSSR count). The van der Waals surface area contributed by atoms with Crippen LogP contribution in [-0.4, -0.2) is 53.6 Å². The molecule has 1 amide bonds. The summed E-state index contributed by atoms with van der Waals surface area (Å²) in [5.74, 6) is 0.960. The predicted octanol–water partition coefficient (Wildman–Crippen LogP) is 3.53. The summed E-state index contributed by atoms with van der Waals surface area (Å²) in [6.07, 6.45) is 1.63. The minimum absolute atomic E-state index is 0.152. The number of amides is 1. The van der Waals surface area contributed by atoms with E-state index >= 15 is 0 Å². The SMILES string of the molecule is O=C1CCCN1CCN1CCOc2c(O)cc(-c3cccc(Cl)c3)cc2C1. The van der Waals surface area contributed by atoms with Crippen LogP contribution in [0.4, 0.5) is 0 Å². The van der Waals surface area contributed by atoms with Crippen LogP contribution in [-0.2, 0) is 11.3 Å². The number of carbonyl (C=O) groups excluding carboxylic acids is 1. The van der Waals surface area contributed by atoms with E-state index in [0.717, 1.165) is 49.3 Å². The predicted molar refractivity (Wildman–Crippen MR) is 105 cm³/mol. The summed E-state index contributed by atoms with van der Waals surface area (Å²) in [6, 6.07) is 11.4.